The van der Waals surface area contributed by atoms with Crippen LogP contribution in [0.2, 0.25) is 5.02 Å². The van der Waals surface area contributed by atoms with Crippen molar-refractivity contribution in [3.05, 3.63) is 71.4 Å². The predicted octanol–water partition coefficient (Wildman–Crippen LogP) is 4.37. The van der Waals surface area contributed by atoms with Crippen molar-refractivity contribution >= 4 is 27.3 Å². The van der Waals surface area contributed by atoms with E-state index in [2.05, 4.69) is 9.71 Å². The van der Waals surface area contributed by atoms with Crippen molar-refractivity contribution in [2.24, 2.45) is 0 Å². The maximum absolute atomic E-state index is 12.0. The molecule has 4 nitrogen and oxygen atoms in total. The lowest BCUT2D eigenvalue weighted by Crippen LogP contribution is -2.24. The minimum atomic E-state index is -3.31. The number of benzene rings is 2. The van der Waals surface area contributed by atoms with Crippen molar-refractivity contribution in [2.75, 3.05) is 10.5 Å². The largest absolute Gasteiger partial charge is 0.283 e. The smallest absolute Gasteiger partial charge is 0.233 e. The van der Waals surface area contributed by atoms with Crippen LogP contribution in [0.4, 0.5) is 5.69 Å². The molecule has 0 aliphatic carbocycles. The van der Waals surface area contributed by atoms with Gasteiger partial charge in [0.05, 0.1) is 17.1 Å². The van der Waals surface area contributed by atoms with E-state index in [1.54, 1.807) is 18.3 Å². The number of pyridine rings is 1. The molecule has 0 unspecified atom stereocenters. The monoisotopic (exact) mass is 370 g/mol. The normalized spacial score (nSPS) is 15.2. The van der Waals surface area contributed by atoms with E-state index in [-0.39, 0.29) is 5.75 Å². The molecular formula is C19H15ClN2O2S. The number of nitrogens with one attached hydrogen (secondary N) is 1. The molecule has 0 saturated heterocycles. The van der Waals surface area contributed by atoms with Crippen LogP contribution < -0.4 is 4.72 Å². The molecule has 0 spiro atoms. The van der Waals surface area contributed by atoms with Crippen LogP contribution in [0, 0.1) is 0 Å². The highest BCUT2D eigenvalue weighted by Crippen LogP contribution is 2.37. The summed E-state index contributed by atoms with van der Waals surface area (Å²) in [5.41, 5.74) is 4.94. The van der Waals surface area contributed by atoms with Crippen LogP contribution in [0.25, 0.3) is 22.4 Å². The van der Waals surface area contributed by atoms with Crippen LogP contribution in [0.3, 0.4) is 0 Å². The molecule has 2 heterocycles. The molecule has 1 aliphatic rings. The molecule has 2 aromatic carbocycles. The molecule has 1 aromatic heterocycles. The van der Waals surface area contributed by atoms with Crippen LogP contribution in [0.15, 0.2) is 60.8 Å². The maximum atomic E-state index is 12.0. The highest BCUT2D eigenvalue weighted by atomic mass is 35.5. The minimum Gasteiger partial charge on any atom is -0.283 e. The van der Waals surface area contributed by atoms with Gasteiger partial charge in [0, 0.05) is 22.3 Å². The number of aromatic nitrogens is 1. The number of fused-ring (bicyclic) bond motifs is 1. The Hall–Kier alpha value is -2.37. The summed E-state index contributed by atoms with van der Waals surface area (Å²) in [5, 5.41) is 0.573. The Kier molecular flexibility index (Phi) is 3.98. The molecule has 126 valence electrons. The van der Waals surface area contributed by atoms with Crippen LogP contribution in [0.1, 0.15) is 5.56 Å². The second-order valence-corrected chi connectivity index (χ2v) is 8.23. The Morgan fingerprint density at radius 2 is 1.80 bits per heavy atom. The Morgan fingerprint density at radius 3 is 2.52 bits per heavy atom. The average Bonchev–Trinajstić information content (AvgIpc) is 2.62. The number of hydrogen-bond donors (Lipinski definition) is 1. The molecule has 0 fully saturated rings. The van der Waals surface area contributed by atoms with E-state index in [9.17, 15) is 8.42 Å². The molecule has 4 rings (SSSR count). The van der Waals surface area contributed by atoms with E-state index >= 15 is 0 Å². The molecule has 0 saturated carbocycles. The Balaban J connectivity index is 1.79. The van der Waals surface area contributed by atoms with E-state index in [1.165, 1.54) is 0 Å². The summed E-state index contributed by atoms with van der Waals surface area (Å²) in [5.74, 6) is 0.0696. The van der Waals surface area contributed by atoms with Crippen LogP contribution in [-0.4, -0.2) is 19.2 Å². The molecule has 0 bridgehead atoms. The van der Waals surface area contributed by atoms with Crippen molar-refractivity contribution in [2.45, 2.75) is 6.42 Å². The topological polar surface area (TPSA) is 59.1 Å². The van der Waals surface area contributed by atoms with Gasteiger partial charge in [-0.2, -0.15) is 0 Å². The van der Waals surface area contributed by atoms with Gasteiger partial charge in [0.1, 0.15) is 0 Å². The number of halogens is 1. The number of nitrogens with zero attached hydrogens (tertiary/aromatic N) is 1. The fourth-order valence-electron chi connectivity index (χ4n) is 2.99. The van der Waals surface area contributed by atoms with Crippen molar-refractivity contribution in [1.29, 1.82) is 0 Å². The molecule has 1 N–H and O–H groups in total. The molecule has 6 heteroatoms. The first-order valence-electron chi connectivity index (χ1n) is 7.87. The van der Waals surface area contributed by atoms with Gasteiger partial charge in [-0.15, -0.1) is 0 Å². The Labute approximate surface area is 151 Å². The summed E-state index contributed by atoms with van der Waals surface area (Å²) in [6.07, 6.45) is 2.23. The zero-order chi connectivity index (χ0) is 17.4. The van der Waals surface area contributed by atoms with Crippen molar-refractivity contribution < 1.29 is 8.42 Å². The Morgan fingerprint density at radius 1 is 1.00 bits per heavy atom. The lowest BCUT2D eigenvalue weighted by Gasteiger charge is -2.21. The summed E-state index contributed by atoms with van der Waals surface area (Å²) < 4.78 is 26.6. The third kappa shape index (κ3) is 3.25. The van der Waals surface area contributed by atoms with Crippen LogP contribution >= 0.6 is 11.6 Å². The number of sulfonamides is 1. The van der Waals surface area contributed by atoms with Gasteiger partial charge >= 0.3 is 0 Å². The Bertz CT molecular complexity index is 1030. The molecule has 0 radical (unpaired) electrons. The predicted molar refractivity (Wildman–Crippen MR) is 101 cm³/mol. The van der Waals surface area contributed by atoms with Crippen molar-refractivity contribution in [3.63, 3.8) is 0 Å². The summed E-state index contributed by atoms with van der Waals surface area (Å²) >= 11 is 6.22. The molecule has 0 amide bonds. The molecule has 25 heavy (non-hydrogen) atoms. The lowest BCUT2D eigenvalue weighted by atomic mass is 10.0. The van der Waals surface area contributed by atoms with Gasteiger partial charge in [-0.3, -0.25) is 9.71 Å². The maximum Gasteiger partial charge on any atom is 0.233 e. The minimum absolute atomic E-state index is 0.0696. The third-order valence-corrected chi connectivity index (χ3v) is 5.70. The van der Waals surface area contributed by atoms with Crippen molar-refractivity contribution in [1.82, 2.24) is 4.98 Å². The SMILES string of the molecule is O=S1(=O)CCc2cc(Cl)cc(-c3ccc(-c4ccccc4)cn3)c2N1. The second-order valence-electron chi connectivity index (χ2n) is 5.96. The lowest BCUT2D eigenvalue weighted by molar-refractivity contribution is 0.599. The van der Waals surface area contributed by atoms with Gasteiger partial charge in [0.25, 0.3) is 0 Å². The van der Waals surface area contributed by atoms with Gasteiger partial charge < -0.3 is 0 Å². The molecule has 3 aromatic rings. The summed E-state index contributed by atoms with van der Waals surface area (Å²) in [6, 6.07) is 17.4. The number of rotatable bonds is 2. The van der Waals surface area contributed by atoms with E-state index < -0.39 is 10.0 Å². The van der Waals surface area contributed by atoms with E-state index in [0.717, 1.165) is 16.7 Å². The highest BCUT2D eigenvalue weighted by Gasteiger charge is 2.24. The zero-order valence-corrected chi connectivity index (χ0v) is 14.8. The van der Waals surface area contributed by atoms with E-state index in [1.807, 2.05) is 42.5 Å². The summed E-state index contributed by atoms with van der Waals surface area (Å²) in [6.45, 7) is 0. The van der Waals surface area contributed by atoms with Gasteiger partial charge in [0.15, 0.2) is 0 Å². The van der Waals surface area contributed by atoms with Gasteiger partial charge in [-0.1, -0.05) is 48.0 Å². The molecular weight excluding hydrogens is 356 g/mol. The third-order valence-electron chi connectivity index (χ3n) is 4.23. The first-order chi connectivity index (χ1) is 12.0. The van der Waals surface area contributed by atoms with Crippen LogP contribution in [-0.2, 0) is 16.4 Å². The van der Waals surface area contributed by atoms with E-state index in [4.69, 9.17) is 11.6 Å². The fraction of sp³-hybridized carbons (Fsp3) is 0.105. The average molecular weight is 371 g/mol. The summed E-state index contributed by atoms with van der Waals surface area (Å²) in [7, 11) is -3.31. The number of aryl methyl sites for hydroxylation is 1. The number of hydrogen-bond acceptors (Lipinski definition) is 3. The van der Waals surface area contributed by atoms with E-state index in [0.29, 0.717) is 28.4 Å². The first-order valence-corrected chi connectivity index (χ1v) is 9.90. The fourth-order valence-corrected chi connectivity index (χ4v) is 4.37. The molecule has 0 atom stereocenters. The highest BCUT2D eigenvalue weighted by molar-refractivity contribution is 7.92. The van der Waals surface area contributed by atoms with Gasteiger partial charge in [-0.05, 0) is 35.7 Å². The standard InChI is InChI=1S/C19H15ClN2O2S/c20-16-10-14-8-9-25(23,24)22-19(14)17(11-16)18-7-6-15(12-21-18)13-4-2-1-3-5-13/h1-7,10-12,22H,8-9H2. The van der Waals surface area contributed by atoms with Gasteiger partial charge in [0.2, 0.25) is 10.0 Å². The first kappa shape index (κ1) is 16.1. The van der Waals surface area contributed by atoms with Gasteiger partial charge in [-0.25, -0.2) is 8.42 Å². The van der Waals surface area contributed by atoms with Crippen molar-refractivity contribution in [3.8, 4) is 22.4 Å². The van der Waals surface area contributed by atoms with Crippen LogP contribution in [0.5, 0.6) is 0 Å². The molecule has 1 aliphatic heterocycles. The summed E-state index contributed by atoms with van der Waals surface area (Å²) in [4.78, 5) is 4.53. The zero-order valence-electron chi connectivity index (χ0n) is 13.2. The quantitative estimate of drug-likeness (QED) is 0.728. The second kappa shape index (κ2) is 6.17. The number of anilines is 1.